The third-order valence-corrected chi connectivity index (χ3v) is 5.23. The van der Waals surface area contributed by atoms with Crippen LogP contribution in [0.5, 0.6) is 5.75 Å². The molecular weight excluding hydrogens is 364 g/mol. The number of hydrogen-bond donors (Lipinski definition) is 2. The molecule has 0 saturated carbocycles. The van der Waals surface area contributed by atoms with Crippen molar-refractivity contribution in [3.05, 3.63) is 74.1 Å². The maximum atomic E-state index is 11.8. The van der Waals surface area contributed by atoms with E-state index in [-0.39, 0.29) is 11.8 Å². The second-order valence-corrected chi connectivity index (χ2v) is 7.17. The number of rotatable bonds is 3. The summed E-state index contributed by atoms with van der Waals surface area (Å²) in [6.45, 7) is 3.82. The molecule has 0 bridgehead atoms. The Kier molecular flexibility index (Phi) is 4.40. The number of halogens is 1. The third kappa shape index (κ3) is 3.08. The van der Waals surface area contributed by atoms with Crippen LogP contribution in [0.15, 0.2) is 50.7 Å². The van der Waals surface area contributed by atoms with Crippen molar-refractivity contribution >= 4 is 28.3 Å². The lowest BCUT2D eigenvalue weighted by atomic mass is 9.93. The summed E-state index contributed by atoms with van der Waals surface area (Å²) >= 11 is 5.97. The minimum atomic E-state index is -0.409. The second kappa shape index (κ2) is 6.74. The highest BCUT2D eigenvalue weighted by molar-refractivity contribution is 6.30. The van der Waals surface area contributed by atoms with Crippen molar-refractivity contribution in [1.82, 2.24) is 5.43 Å². The standard InChI is InChI=1S/C21H19ClN2O3/c1-3-12-9-18(25)27-17-8-11(2)19(21(26)20(12)17)16-10-15(23-24-16)13-4-6-14(22)7-5-13/h4-9,15,23,26H,3,10H2,1-2H3. The molecular formula is C21H19ClN2O3. The van der Waals surface area contributed by atoms with E-state index in [9.17, 15) is 9.90 Å². The average Bonchev–Trinajstić information content (AvgIpc) is 3.10. The van der Waals surface area contributed by atoms with Gasteiger partial charge in [-0.15, -0.1) is 0 Å². The average molecular weight is 383 g/mol. The van der Waals surface area contributed by atoms with E-state index < -0.39 is 5.63 Å². The summed E-state index contributed by atoms with van der Waals surface area (Å²) in [5.74, 6) is 0.114. The van der Waals surface area contributed by atoms with Crippen LogP contribution in [0.2, 0.25) is 5.02 Å². The zero-order valence-corrected chi connectivity index (χ0v) is 15.8. The molecule has 4 rings (SSSR count). The van der Waals surface area contributed by atoms with Crippen LogP contribution in [0.1, 0.15) is 41.6 Å². The molecule has 0 amide bonds. The zero-order valence-electron chi connectivity index (χ0n) is 15.0. The van der Waals surface area contributed by atoms with Gasteiger partial charge in [-0.3, -0.25) is 0 Å². The summed E-state index contributed by atoms with van der Waals surface area (Å²) in [6, 6.07) is 10.9. The number of hydrogen-bond acceptors (Lipinski definition) is 5. The zero-order chi connectivity index (χ0) is 19.1. The molecule has 1 aromatic heterocycles. The first-order valence-electron chi connectivity index (χ1n) is 8.85. The van der Waals surface area contributed by atoms with Gasteiger partial charge in [0.2, 0.25) is 0 Å². The van der Waals surface area contributed by atoms with Crippen molar-refractivity contribution in [2.24, 2.45) is 5.10 Å². The van der Waals surface area contributed by atoms with E-state index >= 15 is 0 Å². The minimum absolute atomic E-state index is 0.0196. The highest BCUT2D eigenvalue weighted by atomic mass is 35.5. The lowest BCUT2D eigenvalue weighted by Gasteiger charge is -2.14. The van der Waals surface area contributed by atoms with E-state index in [2.05, 4.69) is 10.5 Å². The lowest BCUT2D eigenvalue weighted by molar-refractivity contribution is 0.476. The van der Waals surface area contributed by atoms with Crippen LogP contribution in [-0.2, 0) is 6.42 Å². The monoisotopic (exact) mass is 382 g/mol. The Hall–Kier alpha value is -2.79. The van der Waals surface area contributed by atoms with Gasteiger partial charge < -0.3 is 14.9 Å². The molecule has 1 aliphatic rings. The van der Waals surface area contributed by atoms with E-state index in [0.29, 0.717) is 34.4 Å². The number of phenolic OH excluding ortho intramolecular Hbond substituents is 1. The van der Waals surface area contributed by atoms with Crippen LogP contribution in [0.25, 0.3) is 11.0 Å². The van der Waals surface area contributed by atoms with Gasteiger partial charge in [-0.05, 0) is 48.2 Å². The van der Waals surface area contributed by atoms with Crippen molar-refractivity contribution in [3.8, 4) is 5.75 Å². The number of aromatic hydroxyl groups is 1. The molecule has 1 unspecified atom stereocenters. The Morgan fingerprint density at radius 1 is 1.30 bits per heavy atom. The van der Waals surface area contributed by atoms with Crippen LogP contribution in [0.4, 0.5) is 0 Å². The predicted molar refractivity (Wildman–Crippen MR) is 107 cm³/mol. The number of nitrogens with zero attached hydrogens (tertiary/aromatic N) is 1. The first-order valence-corrected chi connectivity index (χ1v) is 9.23. The summed E-state index contributed by atoms with van der Waals surface area (Å²) in [5.41, 5.74) is 7.26. The number of nitrogens with one attached hydrogen (secondary N) is 1. The quantitative estimate of drug-likeness (QED) is 0.656. The Balaban J connectivity index is 1.77. The molecule has 0 aliphatic carbocycles. The van der Waals surface area contributed by atoms with Crippen LogP contribution >= 0.6 is 11.6 Å². The number of benzene rings is 2. The highest BCUT2D eigenvalue weighted by Crippen LogP contribution is 2.37. The van der Waals surface area contributed by atoms with E-state index in [1.807, 2.05) is 38.1 Å². The fourth-order valence-electron chi connectivity index (χ4n) is 3.64. The van der Waals surface area contributed by atoms with E-state index in [1.54, 1.807) is 6.07 Å². The van der Waals surface area contributed by atoms with Gasteiger partial charge in [0.1, 0.15) is 11.3 Å². The molecule has 0 radical (unpaired) electrons. The van der Waals surface area contributed by atoms with Crippen LogP contribution in [0, 0.1) is 6.92 Å². The van der Waals surface area contributed by atoms with Gasteiger partial charge in [0, 0.05) is 23.1 Å². The Labute approximate surface area is 161 Å². The predicted octanol–water partition coefficient (Wildman–Crippen LogP) is 4.46. The van der Waals surface area contributed by atoms with Gasteiger partial charge >= 0.3 is 5.63 Å². The normalized spacial score (nSPS) is 16.4. The smallest absolute Gasteiger partial charge is 0.336 e. The molecule has 5 nitrogen and oxygen atoms in total. The van der Waals surface area contributed by atoms with E-state index in [4.69, 9.17) is 16.0 Å². The van der Waals surface area contributed by atoms with Crippen LogP contribution in [-0.4, -0.2) is 10.8 Å². The van der Waals surface area contributed by atoms with E-state index in [0.717, 1.165) is 22.4 Å². The summed E-state index contributed by atoms with van der Waals surface area (Å²) in [6.07, 6.45) is 1.26. The number of phenols is 1. The van der Waals surface area contributed by atoms with Gasteiger partial charge in [0.15, 0.2) is 0 Å². The van der Waals surface area contributed by atoms with Crippen LogP contribution < -0.4 is 11.1 Å². The summed E-state index contributed by atoms with van der Waals surface area (Å²) in [4.78, 5) is 11.8. The topological polar surface area (TPSA) is 74.8 Å². The molecule has 2 heterocycles. The lowest BCUT2D eigenvalue weighted by Crippen LogP contribution is -2.10. The van der Waals surface area contributed by atoms with Crippen molar-refractivity contribution in [3.63, 3.8) is 0 Å². The van der Waals surface area contributed by atoms with Gasteiger partial charge in [-0.2, -0.15) is 5.10 Å². The van der Waals surface area contributed by atoms with Crippen molar-refractivity contribution in [1.29, 1.82) is 0 Å². The van der Waals surface area contributed by atoms with Gasteiger partial charge in [0.25, 0.3) is 0 Å². The van der Waals surface area contributed by atoms with Crippen LogP contribution in [0.3, 0.4) is 0 Å². The fraction of sp³-hybridized carbons (Fsp3) is 0.238. The van der Waals surface area contributed by atoms with Gasteiger partial charge in [-0.1, -0.05) is 30.7 Å². The summed E-state index contributed by atoms with van der Waals surface area (Å²) in [7, 11) is 0. The van der Waals surface area contributed by atoms with Crippen molar-refractivity contribution in [2.75, 3.05) is 0 Å². The molecule has 0 fully saturated rings. The van der Waals surface area contributed by atoms with E-state index in [1.165, 1.54) is 6.07 Å². The van der Waals surface area contributed by atoms with Crippen molar-refractivity contribution < 1.29 is 9.52 Å². The molecule has 138 valence electrons. The number of aryl methyl sites for hydroxylation is 2. The van der Waals surface area contributed by atoms with Gasteiger partial charge in [0.05, 0.1) is 17.1 Å². The summed E-state index contributed by atoms with van der Waals surface area (Å²) < 4.78 is 5.30. The maximum absolute atomic E-state index is 11.8. The first kappa shape index (κ1) is 17.6. The Morgan fingerprint density at radius 2 is 2.04 bits per heavy atom. The highest BCUT2D eigenvalue weighted by Gasteiger charge is 2.26. The third-order valence-electron chi connectivity index (χ3n) is 4.98. The number of hydrazone groups is 1. The molecule has 2 aromatic carbocycles. The fourth-order valence-corrected chi connectivity index (χ4v) is 3.77. The Bertz CT molecular complexity index is 1120. The van der Waals surface area contributed by atoms with Crippen molar-refractivity contribution in [2.45, 2.75) is 32.7 Å². The molecule has 0 saturated heterocycles. The number of fused-ring (bicyclic) bond motifs is 1. The molecule has 27 heavy (non-hydrogen) atoms. The largest absolute Gasteiger partial charge is 0.506 e. The second-order valence-electron chi connectivity index (χ2n) is 6.73. The molecule has 1 aliphatic heterocycles. The molecule has 2 N–H and O–H groups in total. The maximum Gasteiger partial charge on any atom is 0.336 e. The molecule has 0 spiro atoms. The first-order chi connectivity index (χ1) is 13.0. The van der Waals surface area contributed by atoms with Gasteiger partial charge in [-0.25, -0.2) is 4.79 Å². The minimum Gasteiger partial charge on any atom is -0.506 e. The molecule has 1 atom stereocenters. The molecule has 3 aromatic rings. The molecule has 6 heteroatoms. The SMILES string of the molecule is CCc1cc(=O)oc2cc(C)c(C3=NNC(c4ccc(Cl)cc4)C3)c(O)c12. The Morgan fingerprint density at radius 3 is 2.74 bits per heavy atom. The summed E-state index contributed by atoms with van der Waals surface area (Å²) in [5, 5.41) is 16.7.